The first-order chi connectivity index (χ1) is 19.2. The van der Waals surface area contributed by atoms with E-state index in [2.05, 4.69) is 10.6 Å². The zero-order chi connectivity index (χ0) is 28.7. The fourth-order valence-corrected chi connectivity index (χ4v) is 6.11. The van der Waals surface area contributed by atoms with Gasteiger partial charge in [-0.2, -0.15) is 0 Å². The molecular formula is C31H31N3O4S2. The molecule has 0 bridgehead atoms. The number of sulfonamides is 1. The number of para-hydroxylation sites is 1. The molecule has 7 nitrogen and oxygen atoms in total. The van der Waals surface area contributed by atoms with E-state index in [1.54, 1.807) is 79.7 Å². The predicted molar refractivity (Wildman–Crippen MR) is 162 cm³/mol. The molecule has 0 aliphatic heterocycles. The van der Waals surface area contributed by atoms with Crippen LogP contribution in [0.25, 0.3) is 0 Å². The summed E-state index contributed by atoms with van der Waals surface area (Å²) in [7, 11) is -3.78. The average Bonchev–Trinajstić information content (AvgIpc) is 2.98. The second-order valence-electron chi connectivity index (χ2n) is 9.00. The third kappa shape index (κ3) is 6.55. The van der Waals surface area contributed by atoms with Gasteiger partial charge in [0.25, 0.3) is 21.8 Å². The first kappa shape index (κ1) is 28.9. The molecule has 0 heterocycles. The average molecular weight is 574 g/mol. The van der Waals surface area contributed by atoms with Crippen LogP contribution in [0.1, 0.15) is 46.2 Å². The summed E-state index contributed by atoms with van der Waals surface area (Å²) in [4.78, 5) is 27.3. The van der Waals surface area contributed by atoms with Crippen LogP contribution in [-0.2, 0) is 10.0 Å². The van der Waals surface area contributed by atoms with E-state index in [9.17, 15) is 18.0 Å². The first-order valence-corrected chi connectivity index (χ1v) is 15.4. The summed E-state index contributed by atoms with van der Waals surface area (Å²) in [5, 5.41) is 5.79. The molecule has 4 aromatic rings. The molecule has 2 N–H and O–H groups in total. The molecule has 1 atom stereocenters. The van der Waals surface area contributed by atoms with Crippen molar-refractivity contribution in [1.29, 1.82) is 0 Å². The predicted octanol–water partition coefficient (Wildman–Crippen LogP) is 6.37. The number of nitrogens with zero attached hydrogens (tertiary/aromatic N) is 1. The molecule has 4 aromatic carbocycles. The Kier molecular flexibility index (Phi) is 9.29. The normalized spacial score (nSPS) is 11.9. The molecule has 40 heavy (non-hydrogen) atoms. The van der Waals surface area contributed by atoms with Crippen LogP contribution in [0.5, 0.6) is 0 Å². The Labute approximate surface area is 239 Å². The minimum absolute atomic E-state index is 0.199. The van der Waals surface area contributed by atoms with E-state index >= 15 is 0 Å². The van der Waals surface area contributed by atoms with E-state index in [1.807, 2.05) is 43.5 Å². The van der Waals surface area contributed by atoms with Gasteiger partial charge in [-0.25, -0.2) is 8.42 Å². The maximum atomic E-state index is 13.3. The molecule has 0 saturated carbocycles. The van der Waals surface area contributed by atoms with Crippen molar-refractivity contribution in [1.82, 2.24) is 5.32 Å². The molecule has 4 rings (SSSR count). The molecule has 2 amide bonds. The molecule has 0 aliphatic carbocycles. The molecule has 206 valence electrons. The minimum atomic E-state index is -3.78. The van der Waals surface area contributed by atoms with Gasteiger partial charge in [0.05, 0.1) is 27.9 Å². The number of rotatable bonds is 10. The molecule has 0 fully saturated rings. The van der Waals surface area contributed by atoms with Gasteiger partial charge in [-0.15, -0.1) is 11.8 Å². The lowest BCUT2D eigenvalue weighted by Crippen LogP contribution is -2.30. The number of thioether (sulfide) groups is 1. The van der Waals surface area contributed by atoms with E-state index < -0.39 is 15.9 Å². The quantitative estimate of drug-likeness (QED) is 0.215. The third-order valence-corrected chi connectivity index (χ3v) is 9.08. The highest BCUT2D eigenvalue weighted by Crippen LogP contribution is 2.26. The van der Waals surface area contributed by atoms with Gasteiger partial charge in [-0.05, 0) is 86.3 Å². The van der Waals surface area contributed by atoms with Gasteiger partial charge in [-0.3, -0.25) is 13.9 Å². The maximum Gasteiger partial charge on any atom is 0.264 e. The van der Waals surface area contributed by atoms with E-state index in [0.29, 0.717) is 22.5 Å². The third-order valence-electron chi connectivity index (χ3n) is 6.42. The van der Waals surface area contributed by atoms with Crippen LogP contribution in [0.2, 0.25) is 0 Å². The second-order valence-corrected chi connectivity index (χ2v) is 11.7. The van der Waals surface area contributed by atoms with Crippen molar-refractivity contribution in [3.05, 3.63) is 120 Å². The Morgan fingerprint density at radius 2 is 1.45 bits per heavy atom. The number of carbonyl (C=O) groups is 2. The molecule has 0 saturated heterocycles. The van der Waals surface area contributed by atoms with Crippen LogP contribution in [0.15, 0.2) is 113 Å². The van der Waals surface area contributed by atoms with Crippen LogP contribution in [0, 0.1) is 0 Å². The molecule has 0 aliphatic rings. The second kappa shape index (κ2) is 12.8. The number of amides is 2. The van der Waals surface area contributed by atoms with Crippen molar-refractivity contribution in [3.8, 4) is 0 Å². The SMILES string of the molecule is CCN(c1ccc(C(=O)Nc2ccccc2C(=O)NC(C)c2ccccc2)cc1)S(=O)(=O)c1ccc(SC)cc1. The zero-order valence-corrected chi connectivity index (χ0v) is 24.1. The lowest BCUT2D eigenvalue weighted by molar-refractivity contribution is 0.0940. The van der Waals surface area contributed by atoms with Crippen molar-refractivity contribution >= 4 is 45.0 Å². The summed E-state index contributed by atoms with van der Waals surface area (Å²) in [6.07, 6.45) is 1.93. The van der Waals surface area contributed by atoms with E-state index in [0.717, 1.165) is 10.5 Å². The number of hydrogen-bond acceptors (Lipinski definition) is 5. The molecule has 0 spiro atoms. The molecular weight excluding hydrogens is 542 g/mol. The number of nitrogens with one attached hydrogen (secondary N) is 2. The van der Waals surface area contributed by atoms with Gasteiger partial charge >= 0.3 is 0 Å². The fraction of sp³-hybridized carbons (Fsp3) is 0.161. The molecule has 0 radical (unpaired) electrons. The van der Waals surface area contributed by atoms with Crippen LogP contribution >= 0.6 is 11.8 Å². The van der Waals surface area contributed by atoms with Crippen LogP contribution < -0.4 is 14.9 Å². The summed E-state index contributed by atoms with van der Waals surface area (Å²) in [6, 6.07) is 29.3. The van der Waals surface area contributed by atoms with Gasteiger partial charge in [-0.1, -0.05) is 42.5 Å². The molecule has 1 unspecified atom stereocenters. The van der Waals surface area contributed by atoms with E-state index in [-0.39, 0.29) is 23.4 Å². The first-order valence-electron chi connectivity index (χ1n) is 12.8. The van der Waals surface area contributed by atoms with Crippen LogP contribution in [-0.4, -0.2) is 33.0 Å². The Balaban J connectivity index is 1.49. The number of carbonyl (C=O) groups excluding carboxylic acids is 2. The Hall–Kier alpha value is -4.08. The molecule has 9 heteroatoms. The van der Waals surface area contributed by atoms with E-state index in [4.69, 9.17) is 0 Å². The van der Waals surface area contributed by atoms with Crippen molar-refractivity contribution in [2.24, 2.45) is 0 Å². The minimum Gasteiger partial charge on any atom is -0.345 e. The highest BCUT2D eigenvalue weighted by atomic mass is 32.2. The van der Waals surface area contributed by atoms with Crippen LogP contribution in [0.3, 0.4) is 0 Å². The maximum absolute atomic E-state index is 13.3. The zero-order valence-electron chi connectivity index (χ0n) is 22.5. The summed E-state index contributed by atoms with van der Waals surface area (Å²) in [6.45, 7) is 3.88. The topological polar surface area (TPSA) is 95.6 Å². The summed E-state index contributed by atoms with van der Waals surface area (Å²) >= 11 is 1.54. The highest BCUT2D eigenvalue weighted by molar-refractivity contribution is 7.98. The van der Waals surface area contributed by atoms with Gasteiger partial charge < -0.3 is 10.6 Å². The molecule has 0 aromatic heterocycles. The Morgan fingerprint density at radius 1 is 0.825 bits per heavy atom. The van der Waals surface area contributed by atoms with Gasteiger partial charge in [0.1, 0.15) is 0 Å². The summed E-state index contributed by atoms with van der Waals surface area (Å²) in [5.41, 5.74) is 2.46. The van der Waals surface area contributed by atoms with Gasteiger partial charge in [0.15, 0.2) is 0 Å². The largest absolute Gasteiger partial charge is 0.345 e. The van der Waals surface area contributed by atoms with Crippen molar-refractivity contribution in [3.63, 3.8) is 0 Å². The highest BCUT2D eigenvalue weighted by Gasteiger charge is 2.24. The van der Waals surface area contributed by atoms with Crippen molar-refractivity contribution < 1.29 is 18.0 Å². The van der Waals surface area contributed by atoms with Crippen molar-refractivity contribution in [2.75, 3.05) is 22.4 Å². The fourth-order valence-electron chi connectivity index (χ4n) is 4.23. The monoisotopic (exact) mass is 573 g/mol. The Morgan fingerprint density at radius 3 is 2.08 bits per heavy atom. The number of benzene rings is 4. The Bertz CT molecular complexity index is 1570. The lowest BCUT2D eigenvalue weighted by atomic mass is 10.1. The standard InChI is InChI=1S/C31H31N3O4S2/c1-4-34(40(37,38)27-20-18-26(39-3)19-21-27)25-16-14-24(15-17-25)30(35)33-29-13-9-8-12-28(29)31(36)32-22(2)23-10-6-5-7-11-23/h5-22H,4H2,1-3H3,(H,32,36)(H,33,35). The van der Waals surface area contributed by atoms with Gasteiger partial charge in [0.2, 0.25) is 0 Å². The number of hydrogen-bond donors (Lipinski definition) is 2. The summed E-state index contributed by atoms with van der Waals surface area (Å²) in [5.74, 6) is -0.724. The van der Waals surface area contributed by atoms with Gasteiger partial charge in [0, 0.05) is 17.0 Å². The van der Waals surface area contributed by atoms with Crippen molar-refractivity contribution in [2.45, 2.75) is 29.7 Å². The van der Waals surface area contributed by atoms with Crippen LogP contribution in [0.4, 0.5) is 11.4 Å². The summed E-state index contributed by atoms with van der Waals surface area (Å²) < 4.78 is 27.9. The van der Waals surface area contributed by atoms with E-state index in [1.165, 1.54) is 16.1 Å². The smallest absolute Gasteiger partial charge is 0.264 e. The number of anilines is 2. The lowest BCUT2D eigenvalue weighted by Gasteiger charge is -2.23.